The van der Waals surface area contributed by atoms with Gasteiger partial charge in [-0.2, -0.15) is 0 Å². The quantitative estimate of drug-likeness (QED) is 0.216. The first kappa shape index (κ1) is 25.0. The number of aliphatic hydroxyl groups excluding tert-OH is 1. The first-order valence-electron chi connectivity index (χ1n) is 11.6. The third-order valence-corrected chi connectivity index (χ3v) is 7.26. The predicted molar refractivity (Wildman–Crippen MR) is 140 cm³/mol. The van der Waals surface area contributed by atoms with Crippen LogP contribution in [-0.4, -0.2) is 34.8 Å². The summed E-state index contributed by atoms with van der Waals surface area (Å²) in [6.45, 7) is 6.93. The van der Waals surface area contributed by atoms with E-state index in [1.165, 1.54) is 11.3 Å². The van der Waals surface area contributed by atoms with Crippen LogP contribution >= 0.6 is 22.9 Å². The predicted octanol–water partition coefficient (Wildman–Crippen LogP) is 6.41. The Morgan fingerprint density at radius 2 is 1.89 bits per heavy atom. The summed E-state index contributed by atoms with van der Waals surface area (Å²) in [4.78, 5) is 28.9. The number of thiophene rings is 1. The summed E-state index contributed by atoms with van der Waals surface area (Å²) >= 11 is 7.47. The van der Waals surface area contributed by atoms with Gasteiger partial charge in [-0.1, -0.05) is 49.7 Å². The number of aryl methyl sites for hydroxylation is 1. The number of hydrogen-bond donors (Lipinski definition) is 1. The van der Waals surface area contributed by atoms with Crippen LogP contribution in [0.5, 0.6) is 5.75 Å². The van der Waals surface area contributed by atoms with Crippen molar-refractivity contribution in [2.75, 3.05) is 13.2 Å². The summed E-state index contributed by atoms with van der Waals surface area (Å²) in [5, 5.41) is 13.9. The number of carbonyl (C=O) groups is 2. The molecule has 5 nitrogen and oxygen atoms in total. The maximum Gasteiger partial charge on any atom is 0.295 e. The molecule has 1 aliphatic heterocycles. The van der Waals surface area contributed by atoms with Gasteiger partial charge in [0.1, 0.15) is 11.5 Å². The number of Topliss-reactive ketones (excluding diaryl/α,β-unsaturated/α-hetero) is 1. The fraction of sp³-hybridized carbons (Fsp3) is 0.286. The van der Waals surface area contributed by atoms with Crippen LogP contribution in [-0.2, 0) is 16.0 Å². The van der Waals surface area contributed by atoms with Crippen molar-refractivity contribution in [1.29, 1.82) is 0 Å². The van der Waals surface area contributed by atoms with Gasteiger partial charge in [-0.15, -0.1) is 11.3 Å². The Kier molecular flexibility index (Phi) is 7.63. The van der Waals surface area contributed by atoms with E-state index in [2.05, 4.69) is 13.8 Å². The van der Waals surface area contributed by atoms with E-state index in [4.69, 9.17) is 16.3 Å². The number of carbonyl (C=O) groups excluding carboxylic acids is 2. The van der Waals surface area contributed by atoms with Crippen LogP contribution in [0.2, 0.25) is 5.02 Å². The minimum Gasteiger partial charge on any atom is -0.507 e. The van der Waals surface area contributed by atoms with E-state index in [9.17, 15) is 14.7 Å². The number of ketones is 1. The van der Waals surface area contributed by atoms with E-state index < -0.39 is 17.7 Å². The zero-order chi connectivity index (χ0) is 25.1. The SMILES string of the molecule is Cc1ccsc1C1/C(=C(/O)c2cccc(OCC(C)C)c2)C(=O)C(=O)N1CCc1ccc(Cl)cc1. The Bertz CT molecular complexity index is 1260. The van der Waals surface area contributed by atoms with E-state index in [-0.39, 0.29) is 11.3 Å². The average Bonchev–Trinajstić information content (AvgIpc) is 3.37. The second-order valence-corrected chi connectivity index (χ2v) is 10.5. The van der Waals surface area contributed by atoms with Crippen molar-refractivity contribution in [1.82, 2.24) is 4.90 Å². The van der Waals surface area contributed by atoms with Gasteiger partial charge in [0.15, 0.2) is 0 Å². The summed E-state index contributed by atoms with van der Waals surface area (Å²) in [6, 6.07) is 15.7. The van der Waals surface area contributed by atoms with Crippen molar-refractivity contribution >= 4 is 40.4 Å². The van der Waals surface area contributed by atoms with Gasteiger partial charge in [0, 0.05) is 22.0 Å². The number of halogens is 1. The van der Waals surface area contributed by atoms with E-state index in [0.29, 0.717) is 41.8 Å². The van der Waals surface area contributed by atoms with Crippen molar-refractivity contribution < 1.29 is 19.4 Å². The fourth-order valence-electron chi connectivity index (χ4n) is 4.10. The van der Waals surface area contributed by atoms with Crippen LogP contribution < -0.4 is 4.74 Å². The van der Waals surface area contributed by atoms with Crippen molar-refractivity contribution in [2.24, 2.45) is 5.92 Å². The molecule has 0 aliphatic carbocycles. The van der Waals surface area contributed by atoms with Crippen LogP contribution in [0.15, 0.2) is 65.6 Å². The summed E-state index contributed by atoms with van der Waals surface area (Å²) in [5.74, 6) is -0.524. The van der Waals surface area contributed by atoms with Gasteiger partial charge < -0.3 is 14.7 Å². The molecule has 7 heteroatoms. The molecule has 0 bridgehead atoms. The Morgan fingerprint density at radius 1 is 1.14 bits per heavy atom. The highest BCUT2D eigenvalue weighted by atomic mass is 35.5. The summed E-state index contributed by atoms with van der Waals surface area (Å²) in [5.41, 5.74) is 2.53. The van der Waals surface area contributed by atoms with Gasteiger partial charge in [-0.05, 0) is 66.1 Å². The number of rotatable bonds is 8. The van der Waals surface area contributed by atoms with Crippen molar-refractivity contribution in [2.45, 2.75) is 33.2 Å². The van der Waals surface area contributed by atoms with Crippen molar-refractivity contribution in [3.8, 4) is 5.75 Å². The second kappa shape index (κ2) is 10.7. The number of ether oxygens (including phenoxy) is 1. The first-order valence-corrected chi connectivity index (χ1v) is 12.8. The number of nitrogens with zero attached hydrogens (tertiary/aromatic N) is 1. The zero-order valence-electron chi connectivity index (χ0n) is 20.0. The molecule has 0 radical (unpaired) electrons. The monoisotopic (exact) mass is 509 g/mol. The molecule has 2 heterocycles. The molecule has 1 fully saturated rings. The molecule has 2 aromatic carbocycles. The highest BCUT2D eigenvalue weighted by molar-refractivity contribution is 7.10. The van der Waals surface area contributed by atoms with Crippen LogP contribution in [0.1, 0.15) is 41.5 Å². The Balaban J connectivity index is 1.72. The Labute approximate surface area is 214 Å². The van der Waals surface area contributed by atoms with Gasteiger partial charge in [-0.25, -0.2) is 0 Å². The lowest BCUT2D eigenvalue weighted by Gasteiger charge is -2.25. The van der Waals surface area contributed by atoms with E-state index >= 15 is 0 Å². The van der Waals surface area contributed by atoms with Crippen molar-refractivity contribution in [3.63, 3.8) is 0 Å². The van der Waals surface area contributed by atoms with Crippen LogP contribution in [0.3, 0.4) is 0 Å². The second-order valence-electron chi connectivity index (χ2n) is 9.07. The molecule has 1 aliphatic rings. The molecule has 1 aromatic heterocycles. The third kappa shape index (κ3) is 5.44. The third-order valence-electron chi connectivity index (χ3n) is 5.94. The highest BCUT2D eigenvalue weighted by Gasteiger charge is 2.46. The van der Waals surface area contributed by atoms with Crippen LogP contribution in [0.25, 0.3) is 5.76 Å². The molecule has 1 atom stereocenters. The molecule has 4 rings (SSSR count). The van der Waals surface area contributed by atoms with Gasteiger partial charge in [0.05, 0.1) is 18.2 Å². The molecular formula is C28H28ClNO4S. The summed E-state index contributed by atoms with van der Waals surface area (Å²) in [7, 11) is 0. The largest absolute Gasteiger partial charge is 0.507 e. The summed E-state index contributed by atoms with van der Waals surface area (Å²) in [6.07, 6.45) is 0.559. The van der Waals surface area contributed by atoms with Crippen LogP contribution in [0.4, 0.5) is 0 Å². The van der Waals surface area contributed by atoms with Gasteiger partial charge in [-0.3, -0.25) is 9.59 Å². The molecule has 3 aromatic rings. The van der Waals surface area contributed by atoms with E-state index in [1.54, 1.807) is 35.2 Å². The molecule has 1 N–H and O–H groups in total. The van der Waals surface area contributed by atoms with Gasteiger partial charge >= 0.3 is 0 Å². The Hall–Kier alpha value is -3.09. The average molecular weight is 510 g/mol. The molecule has 182 valence electrons. The van der Waals surface area contributed by atoms with Gasteiger partial charge in [0.25, 0.3) is 11.7 Å². The van der Waals surface area contributed by atoms with E-state index in [1.807, 2.05) is 36.6 Å². The van der Waals surface area contributed by atoms with Crippen LogP contribution in [0, 0.1) is 12.8 Å². The lowest BCUT2D eigenvalue weighted by atomic mass is 9.98. The molecule has 35 heavy (non-hydrogen) atoms. The maximum absolute atomic E-state index is 13.3. The lowest BCUT2D eigenvalue weighted by molar-refractivity contribution is -0.139. The topological polar surface area (TPSA) is 66.8 Å². The number of aliphatic hydroxyl groups is 1. The molecule has 1 amide bonds. The number of amides is 1. The summed E-state index contributed by atoms with van der Waals surface area (Å²) < 4.78 is 5.80. The molecule has 0 saturated carbocycles. The maximum atomic E-state index is 13.3. The molecule has 1 unspecified atom stereocenters. The van der Waals surface area contributed by atoms with Crippen molar-refractivity contribution in [3.05, 3.63) is 92.1 Å². The van der Waals surface area contributed by atoms with Gasteiger partial charge in [0.2, 0.25) is 0 Å². The number of likely N-dealkylation sites (tertiary alicyclic amines) is 1. The molecule has 1 saturated heterocycles. The lowest BCUT2D eigenvalue weighted by Crippen LogP contribution is -2.31. The number of hydrogen-bond acceptors (Lipinski definition) is 5. The minimum atomic E-state index is -0.676. The minimum absolute atomic E-state index is 0.109. The smallest absolute Gasteiger partial charge is 0.295 e. The molecular weight excluding hydrogens is 482 g/mol. The highest BCUT2D eigenvalue weighted by Crippen LogP contribution is 2.42. The number of benzene rings is 2. The first-order chi connectivity index (χ1) is 16.8. The van der Waals surface area contributed by atoms with E-state index in [0.717, 1.165) is 16.0 Å². The normalized spacial score (nSPS) is 17.4. The Morgan fingerprint density at radius 3 is 2.54 bits per heavy atom. The fourth-order valence-corrected chi connectivity index (χ4v) is 5.27. The zero-order valence-corrected chi connectivity index (χ0v) is 21.5. The standard InChI is InChI=1S/C28H28ClNO4S/c1-17(2)16-34-22-6-4-5-20(15-22)25(31)23-24(27-18(3)12-14-35-27)30(28(33)26(23)32)13-11-19-7-9-21(29)10-8-19/h4-10,12,14-15,17,24,31H,11,13,16H2,1-3H3/b25-23-. The molecule has 0 spiro atoms.